The molecule has 1 aliphatic rings. The summed E-state index contributed by atoms with van der Waals surface area (Å²) in [5, 5.41) is 0. The predicted molar refractivity (Wildman–Crippen MR) is 70.7 cm³/mol. The molecule has 0 saturated carbocycles. The Labute approximate surface area is 110 Å². The summed E-state index contributed by atoms with van der Waals surface area (Å²) in [6.45, 7) is 5.09. The van der Waals surface area contributed by atoms with Crippen molar-refractivity contribution in [3.05, 3.63) is 24.2 Å². The molecule has 1 aromatic rings. The quantitative estimate of drug-likeness (QED) is 0.837. The molecule has 0 aromatic carbocycles. The first-order valence-electron chi connectivity index (χ1n) is 6.18. The standard InChI is InChI=1S/C13H19NO3S/c1-13(2)10-14(7-9-18(13)16)12(15)6-5-11-4-3-8-17-11/h3-4,8H,5-7,9-10H2,1-2H3/t18-/m0/s1. The Hall–Kier alpha value is -1.10. The van der Waals surface area contributed by atoms with Crippen LogP contribution >= 0.6 is 0 Å². The van der Waals surface area contributed by atoms with E-state index in [1.165, 1.54) is 0 Å². The third-order valence-corrected chi connectivity index (χ3v) is 5.17. The molecule has 0 spiro atoms. The number of carbonyl (C=O) groups is 1. The van der Waals surface area contributed by atoms with Crippen LogP contribution in [-0.2, 0) is 22.0 Å². The van der Waals surface area contributed by atoms with Gasteiger partial charge >= 0.3 is 0 Å². The van der Waals surface area contributed by atoms with Gasteiger partial charge in [0.05, 0.1) is 11.0 Å². The van der Waals surface area contributed by atoms with Crippen molar-refractivity contribution in [1.82, 2.24) is 4.90 Å². The molecule has 0 bridgehead atoms. The first-order valence-corrected chi connectivity index (χ1v) is 7.49. The van der Waals surface area contributed by atoms with E-state index in [0.29, 0.717) is 31.7 Å². The third kappa shape index (κ3) is 3.02. The van der Waals surface area contributed by atoms with Crippen LogP contribution in [0.5, 0.6) is 0 Å². The first kappa shape index (κ1) is 13.3. The molecular weight excluding hydrogens is 250 g/mol. The summed E-state index contributed by atoms with van der Waals surface area (Å²) in [6.07, 6.45) is 2.70. The van der Waals surface area contributed by atoms with E-state index in [1.807, 2.05) is 30.9 Å². The monoisotopic (exact) mass is 269 g/mol. The van der Waals surface area contributed by atoms with Gasteiger partial charge in [0, 0.05) is 42.5 Å². The second-order valence-electron chi connectivity index (χ2n) is 5.20. The Morgan fingerprint density at radius 1 is 1.56 bits per heavy atom. The molecule has 0 aliphatic carbocycles. The van der Waals surface area contributed by atoms with E-state index in [4.69, 9.17) is 4.42 Å². The number of furan rings is 1. The summed E-state index contributed by atoms with van der Waals surface area (Å²) in [5.41, 5.74) is 0. The van der Waals surface area contributed by atoms with Gasteiger partial charge in [-0.05, 0) is 26.0 Å². The van der Waals surface area contributed by atoms with Gasteiger partial charge < -0.3 is 9.32 Å². The topological polar surface area (TPSA) is 50.5 Å². The molecule has 1 aliphatic heterocycles. The molecule has 18 heavy (non-hydrogen) atoms. The Bertz CT molecular complexity index is 439. The molecule has 1 aromatic heterocycles. The molecule has 1 saturated heterocycles. The fourth-order valence-electron chi connectivity index (χ4n) is 2.14. The van der Waals surface area contributed by atoms with Crippen molar-refractivity contribution >= 4 is 16.7 Å². The van der Waals surface area contributed by atoms with Crippen molar-refractivity contribution < 1.29 is 13.4 Å². The van der Waals surface area contributed by atoms with Crippen molar-refractivity contribution in [2.75, 3.05) is 18.8 Å². The van der Waals surface area contributed by atoms with Crippen molar-refractivity contribution in [3.63, 3.8) is 0 Å². The van der Waals surface area contributed by atoms with Gasteiger partial charge in [-0.2, -0.15) is 0 Å². The summed E-state index contributed by atoms with van der Waals surface area (Å²) in [5.74, 6) is 1.54. The fraction of sp³-hybridized carbons (Fsp3) is 0.615. The highest BCUT2D eigenvalue weighted by Crippen LogP contribution is 2.21. The van der Waals surface area contributed by atoms with E-state index in [9.17, 15) is 9.00 Å². The molecule has 4 nitrogen and oxygen atoms in total. The average Bonchev–Trinajstić information content (AvgIpc) is 2.82. The highest BCUT2D eigenvalue weighted by atomic mass is 32.2. The molecule has 0 radical (unpaired) electrons. The minimum Gasteiger partial charge on any atom is -0.469 e. The molecule has 0 N–H and O–H groups in total. The molecule has 0 unspecified atom stereocenters. The predicted octanol–water partition coefficient (Wildman–Crippen LogP) is 1.58. The molecular formula is C13H19NO3S. The van der Waals surface area contributed by atoms with Crippen LogP contribution in [-0.4, -0.2) is 38.6 Å². The molecule has 2 heterocycles. The zero-order valence-corrected chi connectivity index (χ0v) is 11.7. The lowest BCUT2D eigenvalue weighted by Crippen LogP contribution is -2.52. The van der Waals surface area contributed by atoms with Crippen molar-refractivity contribution in [2.24, 2.45) is 0 Å². The van der Waals surface area contributed by atoms with Crippen LogP contribution in [0, 0.1) is 0 Å². The van der Waals surface area contributed by atoms with Gasteiger partial charge in [0.25, 0.3) is 0 Å². The van der Waals surface area contributed by atoms with Gasteiger partial charge in [0.15, 0.2) is 0 Å². The maximum atomic E-state index is 12.1. The minimum absolute atomic E-state index is 0.121. The van der Waals surface area contributed by atoms with Crippen molar-refractivity contribution in [1.29, 1.82) is 0 Å². The Balaban J connectivity index is 1.88. The summed E-state index contributed by atoms with van der Waals surface area (Å²) in [6, 6.07) is 3.70. The Kier molecular flexibility index (Phi) is 3.90. The van der Waals surface area contributed by atoms with Gasteiger partial charge in [0.1, 0.15) is 5.76 Å². The maximum absolute atomic E-state index is 12.1. The van der Waals surface area contributed by atoms with E-state index in [-0.39, 0.29) is 10.7 Å². The highest BCUT2D eigenvalue weighted by Gasteiger charge is 2.34. The lowest BCUT2D eigenvalue weighted by molar-refractivity contribution is -0.131. The molecule has 1 fully saturated rings. The lowest BCUT2D eigenvalue weighted by Gasteiger charge is -2.37. The molecule has 2 rings (SSSR count). The van der Waals surface area contributed by atoms with E-state index in [0.717, 1.165) is 5.76 Å². The van der Waals surface area contributed by atoms with Crippen LogP contribution in [0.4, 0.5) is 0 Å². The number of nitrogens with zero attached hydrogens (tertiary/aromatic N) is 1. The summed E-state index contributed by atoms with van der Waals surface area (Å²) in [7, 11) is -0.834. The first-order chi connectivity index (χ1) is 8.49. The number of hydrogen-bond acceptors (Lipinski definition) is 3. The van der Waals surface area contributed by atoms with Crippen LogP contribution in [0.3, 0.4) is 0 Å². The van der Waals surface area contributed by atoms with E-state index < -0.39 is 10.8 Å². The maximum Gasteiger partial charge on any atom is 0.223 e. The molecule has 1 amide bonds. The SMILES string of the molecule is CC1(C)CN(C(=O)CCc2ccco2)CC[S@@]1=O. The number of carbonyl (C=O) groups excluding carboxylic acids is 1. The molecule has 5 heteroatoms. The van der Waals surface area contributed by atoms with E-state index >= 15 is 0 Å². The van der Waals surface area contributed by atoms with Gasteiger partial charge in [-0.3, -0.25) is 9.00 Å². The highest BCUT2D eigenvalue weighted by molar-refractivity contribution is 7.86. The smallest absolute Gasteiger partial charge is 0.223 e. The normalized spacial score (nSPS) is 23.0. The lowest BCUT2D eigenvalue weighted by atomic mass is 10.1. The van der Waals surface area contributed by atoms with Crippen LogP contribution < -0.4 is 0 Å². The molecule has 1 atom stereocenters. The van der Waals surface area contributed by atoms with Crippen LogP contribution in [0.15, 0.2) is 22.8 Å². The van der Waals surface area contributed by atoms with Crippen molar-refractivity contribution in [2.45, 2.75) is 31.4 Å². The van der Waals surface area contributed by atoms with Gasteiger partial charge in [0.2, 0.25) is 5.91 Å². The average molecular weight is 269 g/mol. The van der Waals surface area contributed by atoms with Gasteiger partial charge in [-0.1, -0.05) is 0 Å². The number of rotatable bonds is 3. The van der Waals surface area contributed by atoms with Crippen LogP contribution in [0.25, 0.3) is 0 Å². The molecule has 100 valence electrons. The van der Waals surface area contributed by atoms with Crippen LogP contribution in [0.1, 0.15) is 26.0 Å². The minimum atomic E-state index is -0.834. The summed E-state index contributed by atoms with van der Waals surface area (Å²) >= 11 is 0. The summed E-state index contributed by atoms with van der Waals surface area (Å²) in [4.78, 5) is 13.9. The largest absolute Gasteiger partial charge is 0.469 e. The van der Waals surface area contributed by atoms with Crippen molar-refractivity contribution in [3.8, 4) is 0 Å². The Morgan fingerprint density at radius 2 is 2.33 bits per heavy atom. The number of aryl methyl sites for hydroxylation is 1. The number of hydrogen-bond donors (Lipinski definition) is 0. The second-order valence-corrected chi connectivity index (χ2v) is 7.41. The van der Waals surface area contributed by atoms with Crippen LogP contribution in [0.2, 0.25) is 0 Å². The Morgan fingerprint density at radius 3 is 2.94 bits per heavy atom. The number of amides is 1. The third-order valence-electron chi connectivity index (χ3n) is 3.25. The summed E-state index contributed by atoms with van der Waals surface area (Å²) < 4.78 is 16.7. The zero-order valence-electron chi connectivity index (χ0n) is 10.8. The second kappa shape index (κ2) is 5.26. The fourth-order valence-corrected chi connectivity index (χ4v) is 3.37. The van der Waals surface area contributed by atoms with E-state index in [1.54, 1.807) is 6.26 Å². The zero-order chi connectivity index (χ0) is 13.2. The van der Waals surface area contributed by atoms with E-state index in [2.05, 4.69) is 0 Å². The van der Waals surface area contributed by atoms with Gasteiger partial charge in [-0.25, -0.2) is 0 Å². The van der Waals surface area contributed by atoms with Gasteiger partial charge in [-0.15, -0.1) is 0 Å².